The molecule has 1 fully saturated rings. The third-order valence-electron chi connectivity index (χ3n) is 3.56. The standard InChI is InChI=1S/C13H18FNO3S/c1-15(10-6-7-19(17,18)9-10)8-13(16)11-4-2-3-5-12(11)14/h2-5,10,13,16H,6-9H2,1H3. The van der Waals surface area contributed by atoms with Crippen molar-refractivity contribution in [1.82, 2.24) is 4.90 Å². The second-order valence-electron chi connectivity index (χ2n) is 5.03. The fourth-order valence-corrected chi connectivity index (χ4v) is 4.19. The minimum atomic E-state index is -2.95. The highest BCUT2D eigenvalue weighted by Crippen LogP contribution is 2.21. The molecule has 0 bridgehead atoms. The summed E-state index contributed by atoms with van der Waals surface area (Å²) in [4.78, 5) is 1.79. The zero-order chi connectivity index (χ0) is 14.0. The predicted octanol–water partition coefficient (Wildman–Crippen LogP) is 0.978. The van der Waals surface area contributed by atoms with E-state index < -0.39 is 21.8 Å². The van der Waals surface area contributed by atoms with E-state index in [1.54, 1.807) is 30.1 Å². The maximum Gasteiger partial charge on any atom is 0.151 e. The molecule has 1 saturated heterocycles. The first-order valence-corrected chi connectivity index (χ1v) is 8.04. The van der Waals surface area contributed by atoms with Crippen LogP contribution in [-0.2, 0) is 9.84 Å². The molecule has 1 aromatic carbocycles. The molecule has 0 amide bonds. The number of aliphatic hydroxyl groups is 1. The quantitative estimate of drug-likeness (QED) is 0.897. The van der Waals surface area contributed by atoms with E-state index in [1.807, 2.05) is 0 Å². The molecule has 4 nitrogen and oxygen atoms in total. The lowest BCUT2D eigenvalue weighted by atomic mass is 10.1. The average molecular weight is 287 g/mol. The molecular formula is C13H18FNO3S. The Morgan fingerprint density at radius 3 is 2.74 bits per heavy atom. The van der Waals surface area contributed by atoms with Crippen molar-refractivity contribution < 1.29 is 17.9 Å². The molecule has 1 heterocycles. The first kappa shape index (κ1) is 14.4. The van der Waals surface area contributed by atoms with E-state index in [4.69, 9.17) is 0 Å². The highest BCUT2D eigenvalue weighted by molar-refractivity contribution is 7.91. The number of hydrogen-bond donors (Lipinski definition) is 1. The van der Waals surface area contributed by atoms with Gasteiger partial charge >= 0.3 is 0 Å². The van der Waals surface area contributed by atoms with Gasteiger partial charge in [-0.15, -0.1) is 0 Å². The molecule has 1 aromatic rings. The topological polar surface area (TPSA) is 57.6 Å². The molecule has 0 radical (unpaired) electrons. The largest absolute Gasteiger partial charge is 0.387 e. The van der Waals surface area contributed by atoms with Gasteiger partial charge in [0, 0.05) is 18.2 Å². The van der Waals surface area contributed by atoms with Gasteiger partial charge in [0.2, 0.25) is 0 Å². The summed E-state index contributed by atoms with van der Waals surface area (Å²) in [6.07, 6.45) is -0.377. The summed E-state index contributed by atoms with van der Waals surface area (Å²) in [5.74, 6) is -0.131. The van der Waals surface area contributed by atoms with Crippen molar-refractivity contribution in [2.24, 2.45) is 0 Å². The lowest BCUT2D eigenvalue weighted by molar-refractivity contribution is 0.107. The number of hydrogen-bond acceptors (Lipinski definition) is 4. The van der Waals surface area contributed by atoms with Crippen LogP contribution in [0.25, 0.3) is 0 Å². The molecular weight excluding hydrogens is 269 g/mol. The van der Waals surface area contributed by atoms with E-state index in [0.717, 1.165) is 0 Å². The monoisotopic (exact) mass is 287 g/mol. The van der Waals surface area contributed by atoms with Crippen LogP contribution in [0.5, 0.6) is 0 Å². The Kier molecular flexibility index (Phi) is 4.23. The van der Waals surface area contributed by atoms with Crippen LogP contribution in [0.3, 0.4) is 0 Å². The van der Waals surface area contributed by atoms with Crippen molar-refractivity contribution in [3.05, 3.63) is 35.6 Å². The third-order valence-corrected chi connectivity index (χ3v) is 5.31. The van der Waals surface area contributed by atoms with Crippen LogP contribution in [0.15, 0.2) is 24.3 Å². The Morgan fingerprint density at radius 1 is 1.47 bits per heavy atom. The number of halogens is 1. The Balaban J connectivity index is 2.00. The number of nitrogens with zero attached hydrogens (tertiary/aromatic N) is 1. The van der Waals surface area contributed by atoms with Gasteiger partial charge in [-0.25, -0.2) is 12.8 Å². The van der Waals surface area contributed by atoms with Gasteiger partial charge in [-0.3, -0.25) is 4.90 Å². The number of likely N-dealkylation sites (N-methyl/N-ethyl adjacent to an activating group) is 1. The van der Waals surface area contributed by atoms with Gasteiger partial charge in [0.05, 0.1) is 17.6 Å². The summed E-state index contributed by atoms with van der Waals surface area (Å²) in [6, 6.07) is 5.99. The second kappa shape index (κ2) is 5.56. The Hall–Kier alpha value is -0.980. The highest BCUT2D eigenvalue weighted by Gasteiger charge is 2.31. The smallest absolute Gasteiger partial charge is 0.151 e. The zero-order valence-corrected chi connectivity index (χ0v) is 11.6. The first-order chi connectivity index (χ1) is 8.89. The van der Waals surface area contributed by atoms with E-state index in [-0.39, 0.29) is 29.7 Å². The molecule has 2 unspecified atom stereocenters. The van der Waals surface area contributed by atoms with Gasteiger partial charge in [0.15, 0.2) is 9.84 Å². The molecule has 6 heteroatoms. The van der Waals surface area contributed by atoms with E-state index in [2.05, 4.69) is 0 Å². The minimum absolute atomic E-state index is 0.0913. The SMILES string of the molecule is CN(CC(O)c1ccccc1F)C1CCS(=O)(=O)C1. The fraction of sp³-hybridized carbons (Fsp3) is 0.538. The summed E-state index contributed by atoms with van der Waals surface area (Å²) in [5, 5.41) is 10.0. The fourth-order valence-electron chi connectivity index (χ4n) is 2.39. The molecule has 0 aromatic heterocycles. The van der Waals surface area contributed by atoms with Gasteiger partial charge in [-0.05, 0) is 19.5 Å². The Labute approximate surface area is 112 Å². The van der Waals surface area contributed by atoms with Crippen molar-refractivity contribution in [2.45, 2.75) is 18.6 Å². The molecule has 0 aliphatic carbocycles. The molecule has 1 aliphatic heterocycles. The lowest BCUT2D eigenvalue weighted by Crippen LogP contribution is -2.36. The van der Waals surface area contributed by atoms with Gasteiger partial charge in [-0.2, -0.15) is 0 Å². The van der Waals surface area contributed by atoms with E-state index in [1.165, 1.54) is 6.07 Å². The molecule has 0 spiro atoms. The van der Waals surface area contributed by atoms with Crippen LogP contribution in [0, 0.1) is 5.82 Å². The number of aliphatic hydroxyl groups excluding tert-OH is 1. The number of sulfone groups is 1. The highest BCUT2D eigenvalue weighted by atomic mass is 32.2. The van der Waals surface area contributed by atoms with Crippen LogP contribution in [0.4, 0.5) is 4.39 Å². The van der Waals surface area contributed by atoms with Gasteiger partial charge in [0.25, 0.3) is 0 Å². The molecule has 1 aliphatic rings. The molecule has 1 N–H and O–H groups in total. The lowest BCUT2D eigenvalue weighted by Gasteiger charge is -2.26. The van der Waals surface area contributed by atoms with Crippen LogP contribution in [0.1, 0.15) is 18.1 Å². The summed E-state index contributed by atoms with van der Waals surface area (Å²) in [6.45, 7) is 0.223. The molecule has 106 valence electrons. The van der Waals surface area contributed by atoms with Gasteiger partial charge in [-0.1, -0.05) is 18.2 Å². The van der Waals surface area contributed by atoms with Crippen LogP contribution in [0.2, 0.25) is 0 Å². The predicted molar refractivity (Wildman–Crippen MR) is 71.0 cm³/mol. The molecule has 0 saturated carbocycles. The zero-order valence-electron chi connectivity index (χ0n) is 10.8. The summed E-state index contributed by atoms with van der Waals surface area (Å²) >= 11 is 0. The Morgan fingerprint density at radius 2 is 2.16 bits per heavy atom. The minimum Gasteiger partial charge on any atom is -0.387 e. The maximum atomic E-state index is 13.5. The molecule has 2 atom stereocenters. The van der Waals surface area contributed by atoms with Crippen molar-refractivity contribution in [3.8, 4) is 0 Å². The van der Waals surface area contributed by atoms with Crippen molar-refractivity contribution in [2.75, 3.05) is 25.1 Å². The second-order valence-corrected chi connectivity index (χ2v) is 7.26. The average Bonchev–Trinajstić information content (AvgIpc) is 2.70. The third kappa shape index (κ3) is 3.52. The van der Waals surface area contributed by atoms with Gasteiger partial charge in [0.1, 0.15) is 5.82 Å². The summed E-state index contributed by atoms with van der Waals surface area (Å²) in [5.41, 5.74) is 0.246. The first-order valence-electron chi connectivity index (χ1n) is 6.22. The number of benzene rings is 1. The van der Waals surface area contributed by atoms with Gasteiger partial charge < -0.3 is 5.11 Å². The summed E-state index contributed by atoms with van der Waals surface area (Å²) in [7, 11) is -1.19. The molecule has 19 heavy (non-hydrogen) atoms. The van der Waals surface area contributed by atoms with Crippen LogP contribution >= 0.6 is 0 Å². The van der Waals surface area contributed by atoms with Crippen molar-refractivity contribution >= 4 is 9.84 Å². The van der Waals surface area contributed by atoms with E-state index in [0.29, 0.717) is 6.42 Å². The summed E-state index contributed by atoms with van der Waals surface area (Å²) < 4.78 is 36.3. The van der Waals surface area contributed by atoms with Crippen molar-refractivity contribution in [1.29, 1.82) is 0 Å². The van der Waals surface area contributed by atoms with Crippen LogP contribution < -0.4 is 0 Å². The Bertz CT molecular complexity index is 547. The maximum absolute atomic E-state index is 13.5. The van der Waals surface area contributed by atoms with Crippen LogP contribution in [-0.4, -0.2) is 49.6 Å². The molecule has 2 rings (SSSR count). The van der Waals surface area contributed by atoms with Crippen molar-refractivity contribution in [3.63, 3.8) is 0 Å². The van der Waals surface area contributed by atoms with E-state index >= 15 is 0 Å². The number of rotatable bonds is 4. The van der Waals surface area contributed by atoms with E-state index in [9.17, 15) is 17.9 Å². The normalized spacial score (nSPS) is 23.7.